The van der Waals surface area contributed by atoms with Crippen LogP contribution < -0.4 is 0 Å². The molecule has 0 fully saturated rings. The average molecular weight is 236 g/mol. The first kappa shape index (κ1) is 14.0. The van der Waals surface area contributed by atoms with Crippen LogP contribution in [-0.2, 0) is 6.42 Å². The minimum absolute atomic E-state index is 0.00693. The molecular weight excluding hydrogens is 212 g/mol. The molecule has 2 heteroatoms. The largest absolute Gasteiger partial charge is 0.508 e. The lowest BCUT2D eigenvalue weighted by molar-refractivity contribution is 0.107. The van der Waals surface area contributed by atoms with Gasteiger partial charge in [-0.1, -0.05) is 38.8 Å². The lowest BCUT2D eigenvalue weighted by atomic mass is 9.76. The van der Waals surface area contributed by atoms with E-state index in [9.17, 15) is 10.2 Å². The van der Waals surface area contributed by atoms with Crippen LogP contribution in [0.4, 0.5) is 0 Å². The molecule has 1 rings (SSSR count). The van der Waals surface area contributed by atoms with Gasteiger partial charge in [-0.25, -0.2) is 0 Å². The SMILES string of the molecule is CCCCC(CC)(CO)Cc1ccc(O)cc1. The van der Waals surface area contributed by atoms with Crippen LogP contribution in [0.2, 0.25) is 0 Å². The highest BCUT2D eigenvalue weighted by molar-refractivity contribution is 5.26. The third-order valence-electron chi connectivity index (χ3n) is 3.66. The van der Waals surface area contributed by atoms with Crippen LogP contribution in [0.25, 0.3) is 0 Å². The fourth-order valence-corrected chi connectivity index (χ4v) is 2.24. The molecule has 17 heavy (non-hydrogen) atoms. The Morgan fingerprint density at radius 3 is 2.24 bits per heavy atom. The Kier molecular flexibility index (Phi) is 5.49. The molecule has 0 aliphatic rings. The Balaban J connectivity index is 2.74. The van der Waals surface area contributed by atoms with Crippen LogP contribution in [0.3, 0.4) is 0 Å². The number of hydrogen-bond donors (Lipinski definition) is 2. The van der Waals surface area contributed by atoms with E-state index in [2.05, 4.69) is 13.8 Å². The number of benzene rings is 1. The van der Waals surface area contributed by atoms with Gasteiger partial charge in [-0.2, -0.15) is 0 Å². The van der Waals surface area contributed by atoms with Crippen LogP contribution in [-0.4, -0.2) is 16.8 Å². The number of phenols is 1. The van der Waals surface area contributed by atoms with Gasteiger partial charge in [0.1, 0.15) is 5.75 Å². The van der Waals surface area contributed by atoms with Crippen LogP contribution in [0, 0.1) is 5.41 Å². The first-order valence-corrected chi connectivity index (χ1v) is 6.54. The van der Waals surface area contributed by atoms with Crippen LogP contribution in [0.15, 0.2) is 24.3 Å². The molecule has 2 N–H and O–H groups in total. The number of rotatable bonds is 7. The normalized spacial score (nSPS) is 14.5. The molecule has 0 bridgehead atoms. The van der Waals surface area contributed by atoms with Gasteiger partial charge < -0.3 is 10.2 Å². The van der Waals surface area contributed by atoms with Gasteiger partial charge in [-0.05, 0) is 42.4 Å². The van der Waals surface area contributed by atoms with Crippen LogP contribution >= 0.6 is 0 Å². The summed E-state index contributed by atoms with van der Waals surface area (Å²) in [5.41, 5.74) is 1.20. The number of aromatic hydroxyl groups is 1. The minimum atomic E-state index is 0.00693. The second-order valence-corrected chi connectivity index (χ2v) is 4.96. The maximum atomic E-state index is 9.67. The van der Waals surface area contributed by atoms with E-state index >= 15 is 0 Å². The second-order valence-electron chi connectivity index (χ2n) is 4.96. The van der Waals surface area contributed by atoms with Crippen molar-refractivity contribution in [3.63, 3.8) is 0 Å². The molecule has 0 amide bonds. The Hall–Kier alpha value is -1.02. The Morgan fingerprint density at radius 2 is 1.76 bits per heavy atom. The lowest BCUT2D eigenvalue weighted by Crippen LogP contribution is -2.27. The highest BCUT2D eigenvalue weighted by Crippen LogP contribution is 2.32. The molecule has 1 aromatic carbocycles. The Labute approximate surface area is 104 Å². The summed E-state index contributed by atoms with van der Waals surface area (Å²) in [4.78, 5) is 0. The fraction of sp³-hybridized carbons (Fsp3) is 0.600. The fourth-order valence-electron chi connectivity index (χ4n) is 2.24. The molecule has 1 aromatic rings. The van der Waals surface area contributed by atoms with Crippen molar-refractivity contribution in [3.8, 4) is 5.75 Å². The van der Waals surface area contributed by atoms with Gasteiger partial charge in [0.2, 0.25) is 0 Å². The lowest BCUT2D eigenvalue weighted by Gasteiger charge is -2.31. The highest BCUT2D eigenvalue weighted by atomic mass is 16.3. The van der Waals surface area contributed by atoms with Crippen molar-refractivity contribution in [3.05, 3.63) is 29.8 Å². The third-order valence-corrected chi connectivity index (χ3v) is 3.66. The smallest absolute Gasteiger partial charge is 0.115 e. The van der Waals surface area contributed by atoms with E-state index in [-0.39, 0.29) is 12.0 Å². The molecular formula is C15H24O2. The van der Waals surface area contributed by atoms with E-state index in [0.717, 1.165) is 32.1 Å². The zero-order chi connectivity index (χ0) is 12.7. The van der Waals surface area contributed by atoms with Gasteiger partial charge in [-0.3, -0.25) is 0 Å². The van der Waals surface area contributed by atoms with Gasteiger partial charge in [0.05, 0.1) is 0 Å². The summed E-state index contributed by atoms with van der Waals surface area (Å²) in [5.74, 6) is 0.299. The van der Waals surface area contributed by atoms with Crippen molar-refractivity contribution in [2.75, 3.05) is 6.61 Å². The molecule has 0 heterocycles. The summed E-state index contributed by atoms with van der Waals surface area (Å²) < 4.78 is 0. The topological polar surface area (TPSA) is 40.5 Å². The monoisotopic (exact) mass is 236 g/mol. The zero-order valence-corrected chi connectivity index (χ0v) is 10.9. The van der Waals surface area contributed by atoms with E-state index in [4.69, 9.17) is 0 Å². The summed E-state index contributed by atoms with van der Waals surface area (Å²) in [5, 5.41) is 18.9. The number of phenolic OH excluding ortho intramolecular Hbond substituents is 1. The summed E-state index contributed by atoms with van der Waals surface area (Å²) in [7, 11) is 0. The van der Waals surface area contributed by atoms with E-state index in [1.807, 2.05) is 12.1 Å². The first-order valence-electron chi connectivity index (χ1n) is 6.54. The van der Waals surface area contributed by atoms with Gasteiger partial charge in [-0.15, -0.1) is 0 Å². The van der Waals surface area contributed by atoms with Crippen molar-refractivity contribution < 1.29 is 10.2 Å². The highest BCUT2D eigenvalue weighted by Gasteiger charge is 2.26. The second kappa shape index (κ2) is 6.65. The predicted molar refractivity (Wildman–Crippen MR) is 71.1 cm³/mol. The van der Waals surface area contributed by atoms with Crippen molar-refractivity contribution in [1.82, 2.24) is 0 Å². The molecule has 1 atom stereocenters. The standard InChI is InChI=1S/C15H24O2/c1-3-5-10-15(4-2,12-16)11-13-6-8-14(17)9-7-13/h6-9,16-17H,3-5,10-12H2,1-2H3. The molecule has 0 spiro atoms. The van der Waals surface area contributed by atoms with Crippen LogP contribution in [0.5, 0.6) is 5.75 Å². The van der Waals surface area contributed by atoms with Crippen molar-refractivity contribution in [2.24, 2.45) is 5.41 Å². The summed E-state index contributed by atoms with van der Waals surface area (Å²) >= 11 is 0. The molecule has 96 valence electrons. The molecule has 0 aliphatic heterocycles. The van der Waals surface area contributed by atoms with Crippen molar-refractivity contribution in [2.45, 2.75) is 46.0 Å². The maximum absolute atomic E-state index is 9.67. The number of aliphatic hydroxyl groups is 1. The molecule has 1 unspecified atom stereocenters. The van der Waals surface area contributed by atoms with Crippen molar-refractivity contribution >= 4 is 0 Å². The van der Waals surface area contributed by atoms with Gasteiger partial charge >= 0.3 is 0 Å². The quantitative estimate of drug-likeness (QED) is 0.760. The Morgan fingerprint density at radius 1 is 1.12 bits per heavy atom. The predicted octanol–water partition coefficient (Wildman–Crippen LogP) is 3.51. The zero-order valence-electron chi connectivity index (χ0n) is 10.9. The first-order chi connectivity index (χ1) is 8.15. The van der Waals surface area contributed by atoms with Gasteiger partial charge in [0.15, 0.2) is 0 Å². The Bertz CT molecular complexity index is 312. The molecule has 0 aromatic heterocycles. The minimum Gasteiger partial charge on any atom is -0.508 e. The molecule has 0 radical (unpaired) electrons. The number of unbranched alkanes of at least 4 members (excludes halogenated alkanes) is 1. The summed E-state index contributed by atoms with van der Waals surface area (Å²) in [6, 6.07) is 7.32. The van der Waals surface area contributed by atoms with E-state index in [1.54, 1.807) is 12.1 Å². The summed E-state index contributed by atoms with van der Waals surface area (Å²) in [6.45, 7) is 4.56. The van der Waals surface area contributed by atoms with Gasteiger partial charge in [0, 0.05) is 6.61 Å². The maximum Gasteiger partial charge on any atom is 0.115 e. The van der Waals surface area contributed by atoms with E-state index in [1.165, 1.54) is 5.56 Å². The summed E-state index contributed by atoms with van der Waals surface area (Å²) in [6.07, 6.45) is 5.27. The molecule has 0 aliphatic carbocycles. The average Bonchev–Trinajstić information content (AvgIpc) is 2.37. The molecule has 2 nitrogen and oxygen atoms in total. The molecule has 0 saturated carbocycles. The number of aliphatic hydroxyl groups excluding tert-OH is 1. The number of hydrogen-bond acceptors (Lipinski definition) is 2. The third kappa shape index (κ3) is 4.04. The van der Waals surface area contributed by atoms with E-state index < -0.39 is 0 Å². The van der Waals surface area contributed by atoms with E-state index in [0.29, 0.717) is 5.75 Å². The molecule has 0 saturated heterocycles. The van der Waals surface area contributed by atoms with Crippen molar-refractivity contribution in [1.29, 1.82) is 0 Å². The van der Waals surface area contributed by atoms with Crippen LogP contribution in [0.1, 0.15) is 45.1 Å². The van der Waals surface area contributed by atoms with Gasteiger partial charge in [0.25, 0.3) is 0 Å².